The van der Waals surface area contributed by atoms with Crippen LogP contribution in [0.15, 0.2) is 24.3 Å². The minimum atomic E-state index is 0.719. The first-order valence-electron chi connectivity index (χ1n) is 8.31. The largest absolute Gasteiger partial charge is 0.497 e. The Morgan fingerprint density at radius 1 is 1.29 bits per heavy atom. The second kappa shape index (κ2) is 7.06. The predicted octanol–water partition coefficient (Wildman–Crippen LogP) is 4.21. The van der Waals surface area contributed by atoms with E-state index in [1.165, 1.54) is 43.4 Å². The Balaban J connectivity index is 1.49. The number of hydrogen-bond acceptors (Lipinski definition) is 3. The molecule has 2 fully saturated rings. The van der Waals surface area contributed by atoms with Gasteiger partial charge in [0.2, 0.25) is 0 Å². The van der Waals surface area contributed by atoms with E-state index in [1.807, 2.05) is 6.07 Å². The highest BCUT2D eigenvalue weighted by molar-refractivity contribution is 7.99. The van der Waals surface area contributed by atoms with Crippen LogP contribution in [-0.4, -0.2) is 30.2 Å². The SMILES string of the molecule is CCSC1CCCC1NC1CC(c2cccc(OC)c2)C1. The average Bonchev–Trinajstić information content (AvgIpc) is 2.90. The number of thioether (sulfide) groups is 1. The second-order valence-corrected chi connectivity index (χ2v) is 7.86. The Morgan fingerprint density at radius 3 is 2.90 bits per heavy atom. The smallest absolute Gasteiger partial charge is 0.119 e. The lowest BCUT2D eigenvalue weighted by atomic mass is 9.75. The Kier molecular flexibility index (Phi) is 5.12. The molecule has 1 aromatic carbocycles. The summed E-state index contributed by atoms with van der Waals surface area (Å²) in [4.78, 5) is 0. The van der Waals surface area contributed by atoms with Crippen LogP contribution in [0.1, 0.15) is 50.5 Å². The van der Waals surface area contributed by atoms with Crippen molar-refractivity contribution in [2.45, 2.75) is 62.3 Å². The second-order valence-electron chi connectivity index (χ2n) is 6.34. The van der Waals surface area contributed by atoms with Crippen molar-refractivity contribution in [2.75, 3.05) is 12.9 Å². The molecule has 0 amide bonds. The molecule has 0 saturated heterocycles. The molecule has 2 nitrogen and oxygen atoms in total. The topological polar surface area (TPSA) is 21.3 Å². The van der Waals surface area contributed by atoms with Gasteiger partial charge in [0.05, 0.1) is 7.11 Å². The Labute approximate surface area is 133 Å². The van der Waals surface area contributed by atoms with E-state index in [2.05, 4.69) is 42.2 Å². The maximum absolute atomic E-state index is 5.33. The summed E-state index contributed by atoms with van der Waals surface area (Å²) in [6.07, 6.45) is 6.75. The van der Waals surface area contributed by atoms with E-state index in [9.17, 15) is 0 Å². The Bertz CT molecular complexity index is 458. The first-order chi connectivity index (χ1) is 10.3. The minimum absolute atomic E-state index is 0.719. The van der Waals surface area contributed by atoms with Gasteiger partial charge in [-0.1, -0.05) is 25.5 Å². The van der Waals surface area contributed by atoms with E-state index in [1.54, 1.807) is 7.11 Å². The van der Waals surface area contributed by atoms with E-state index in [0.29, 0.717) is 0 Å². The van der Waals surface area contributed by atoms with Gasteiger partial charge < -0.3 is 10.1 Å². The third-order valence-corrected chi connectivity index (χ3v) is 6.31. The molecule has 116 valence electrons. The van der Waals surface area contributed by atoms with Crippen molar-refractivity contribution in [1.29, 1.82) is 0 Å². The van der Waals surface area contributed by atoms with Crippen LogP contribution in [0.5, 0.6) is 5.75 Å². The van der Waals surface area contributed by atoms with Crippen molar-refractivity contribution in [2.24, 2.45) is 0 Å². The number of ether oxygens (including phenoxy) is 1. The molecule has 21 heavy (non-hydrogen) atoms. The zero-order chi connectivity index (χ0) is 14.7. The molecule has 2 unspecified atom stereocenters. The van der Waals surface area contributed by atoms with Crippen LogP contribution in [-0.2, 0) is 0 Å². The fraction of sp³-hybridized carbons (Fsp3) is 0.667. The van der Waals surface area contributed by atoms with E-state index < -0.39 is 0 Å². The van der Waals surface area contributed by atoms with Crippen LogP contribution in [0.3, 0.4) is 0 Å². The number of benzene rings is 1. The van der Waals surface area contributed by atoms with Gasteiger partial charge in [-0.05, 0) is 55.1 Å². The fourth-order valence-electron chi connectivity index (χ4n) is 3.75. The molecule has 0 aliphatic heterocycles. The van der Waals surface area contributed by atoms with Crippen molar-refractivity contribution < 1.29 is 4.74 Å². The zero-order valence-corrected chi connectivity index (χ0v) is 14.0. The molecule has 1 aromatic rings. The van der Waals surface area contributed by atoms with Gasteiger partial charge in [0.25, 0.3) is 0 Å². The Hall–Kier alpha value is -0.670. The molecule has 2 aliphatic carbocycles. The van der Waals surface area contributed by atoms with E-state index in [-0.39, 0.29) is 0 Å². The molecule has 3 heteroatoms. The molecule has 3 rings (SSSR count). The minimum Gasteiger partial charge on any atom is -0.497 e. The van der Waals surface area contributed by atoms with Crippen molar-refractivity contribution in [1.82, 2.24) is 5.32 Å². The summed E-state index contributed by atoms with van der Waals surface area (Å²) >= 11 is 2.15. The standard InChI is InChI=1S/C18H27NOS/c1-3-21-18-9-5-8-17(18)19-15-10-14(11-15)13-6-4-7-16(12-13)20-2/h4,6-7,12,14-15,17-19H,3,5,8-11H2,1-2H3. The highest BCUT2D eigenvalue weighted by Gasteiger charge is 2.35. The molecule has 2 atom stereocenters. The molecule has 0 radical (unpaired) electrons. The first-order valence-corrected chi connectivity index (χ1v) is 9.36. The van der Waals surface area contributed by atoms with Gasteiger partial charge in [-0.15, -0.1) is 0 Å². The van der Waals surface area contributed by atoms with Gasteiger partial charge in [0.15, 0.2) is 0 Å². The third-order valence-electron chi connectivity index (χ3n) is 4.99. The molecular formula is C18H27NOS. The van der Waals surface area contributed by atoms with Crippen LogP contribution in [0.4, 0.5) is 0 Å². The van der Waals surface area contributed by atoms with Crippen molar-refractivity contribution >= 4 is 11.8 Å². The average molecular weight is 305 g/mol. The van der Waals surface area contributed by atoms with Gasteiger partial charge in [-0.3, -0.25) is 0 Å². The number of nitrogens with one attached hydrogen (secondary N) is 1. The lowest BCUT2D eigenvalue weighted by Gasteiger charge is -2.39. The summed E-state index contributed by atoms with van der Waals surface area (Å²) in [7, 11) is 1.75. The summed E-state index contributed by atoms with van der Waals surface area (Å²) in [5.41, 5.74) is 1.44. The van der Waals surface area contributed by atoms with Crippen molar-refractivity contribution in [3.8, 4) is 5.75 Å². The molecule has 0 heterocycles. The number of hydrogen-bond donors (Lipinski definition) is 1. The maximum atomic E-state index is 5.33. The molecule has 0 aromatic heterocycles. The number of rotatable bonds is 6. The third kappa shape index (κ3) is 3.57. The molecule has 2 aliphatic rings. The molecule has 0 spiro atoms. The van der Waals surface area contributed by atoms with Crippen molar-refractivity contribution in [3.05, 3.63) is 29.8 Å². The van der Waals surface area contributed by atoms with Gasteiger partial charge in [-0.2, -0.15) is 11.8 Å². The monoisotopic (exact) mass is 305 g/mol. The van der Waals surface area contributed by atoms with Crippen molar-refractivity contribution in [3.63, 3.8) is 0 Å². The van der Waals surface area contributed by atoms with E-state index >= 15 is 0 Å². The molecule has 1 N–H and O–H groups in total. The van der Waals surface area contributed by atoms with Crippen LogP contribution >= 0.6 is 11.8 Å². The summed E-state index contributed by atoms with van der Waals surface area (Å²) in [5, 5.41) is 4.78. The Morgan fingerprint density at radius 2 is 2.14 bits per heavy atom. The molecule has 0 bridgehead atoms. The first kappa shape index (κ1) is 15.2. The zero-order valence-electron chi connectivity index (χ0n) is 13.2. The van der Waals surface area contributed by atoms with Crippen LogP contribution in [0.25, 0.3) is 0 Å². The quantitative estimate of drug-likeness (QED) is 0.851. The summed E-state index contributed by atoms with van der Waals surface area (Å²) in [6.45, 7) is 2.28. The summed E-state index contributed by atoms with van der Waals surface area (Å²) < 4.78 is 5.33. The lowest BCUT2D eigenvalue weighted by Crippen LogP contribution is -2.47. The van der Waals surface area contributed by atoms with Crippen LogP contribution < -0.4 is 10.1 Å². The van der Waals surface area contributed by atoms with Gasteiger partial charge in [-0.25, -0.2) is 0 Å². The maximum Gasteiger partial charge on any atom is 0.119 e. The summed E-state index contributed by atoms with van der Waals surface area (Å²) in [5.74, 6) is 2.95. The van der Waals surface area contributed by atoms with E-state index in [0.717, 1.165) is 29.0 Å². The van der Waals surface area contributed by atoms with Gasteiger partial charge in [0.1, 0.15) is 5.75 Å². The molecule has 2 saturated carbocycles. The van der Waals surface area contributed by atoms with Crippen LogP contribution in [0, 0.1) is 0 Å². The van der Waals surface area contributed by atoms with Crippen LogP contribution in [0.2, 0.25) is 0 Å². The van der Waals surface area contributed by atoms with Gasteiger partial charge >= 0.3 is 0 Å². The lowest BCUT2D eigenvalue weighted by molar-refractivity contribution is 0.266. The highest BCUT2D eigenvalue weighted by atomic mass is 32.2. The van der Waals surface area contributed by atoms with E-state index in [4.69, 9.17) is 4.74 Å². The molecular weight excluding hydrogens is 278 g/mol. The number of methoxy groups -OCH3 is 1. The fourth-order valence-corrected chi connectivity index (χ4v) is 4.96. The predicted molar refractivity (Wildman–Crippen MR) is 91.5 cm³/mol. The highest BCUT2D eigenvalue weighted by Crippen LogP contribution is 2.39. The van der Waals surface area contributed by atoms with Gasteiger partial charge in [0, 0.05) is 17.3 Å². The normalized spacial score (nSPS) is 31.9. The summed E-state index contributed by atoms with van der Waals surface area (Å²) in [6, 6.07) is 10.1.